The van der Waals surface area contributed by atoms with Gasteiger partial charge in [-0.1, -0.05) is 47.5 Å². The van der Waals surface area contributed by atoms with E-state index in [0.717, 1.165) is 11.1 Å². The molecule has 2 amide bonds. The Bertz CT molecular complexity index is 792. The van der Waals surface area contributed by atoms with Crippen molar-refractivity contribution in [2.45, 2.75) is 33.1 Å². The second-order valence-electron chi connectivity index (χ2n) is 6.26. The molecule has 0 aromatic heterocycles. The molecule has 0 aliphatic heterocycles. The van der Waals surface area contributed by atoms with Gasteiger partial charge in [0.2, 0.25) is 5.91 Å². The molecule has 0 bridgehead atoms. The van der Waals surface area contributed by atoms with Crippen molar-refractivity contribution >= 4 is 35.0 Å². The lowest BCUT2D eigenvalue weighted by Gasteiger charge is -2.09. The van der Waals surface area contributed by atoms with Crippen LogP contribution in [0.4, 0.5) is 0 Å². The molecule has 0 saturated heterocycles. The molecule has 5 nitrogen and oxygen atoms in total. The van der Waals surface area contributed by atoms with Gasteiger partial charge < -0.3 is 15.4 Å². The maximum Gasteiger partial charge on any atom is 0.251 e. The Morgan fingerprint density at radius 3 is 2.26 bits per heavy atom. The van der Waals surface area contributed by atoms with E-state index in [1.165, 1.54) is 12.1 Å². The van der Waals surface area contributed by atoms with E-state index in [1.54, 1.807) is 6.07 Å². The molecule has 7 heteroatoms. The van der Waals surface area contributed by atoms with Crippen molar-refractivity contribution in [1.82, 2.24) is 10.6 Å². The topological polar surface area (TPSA) is 67.4 Å². The van der Waals surface area contributed by atoms with Crippen molar-refractivity contribution in [1.29, 1.82) is 0 Å². The minimum absolute atomic E-state index is 0.126. The summed E-state index contributed by atoms with van der Waals surface area (Å²) in [6.07, 6.45) is 0.183. The van der Waals surface area contributed by atoms with Crippen molar-refractivity contribution in [2.75, 3.05) is 6.54 Å². The van der Waals surface area contributed by atoms with Gasteiger partial charge in [-0.3, -0.25) is 9.59 Å². The molecule has 0 aliphatic rings. The van der Waals surface area contributed by atoms with Crippen LogP contribution in [0.15, 0.2) is 42.5 Å². The summed E-state index contributed by atoms with van der Waals surface area (Å²) in [7, 11) is 0. The van der Waals surface area contributed by atoms with Crippen LogP contribution in [-0.4, -0.2) is 24.5 Å². The van der Waals surface area contributed by atoms with Gasteiger partial charge in [0.05, 0.1) is 29.3 Å². The van der Waals surface area contributed by atoms with Crippen LogP contribution in [0, 0.1) is 0 Å². The van der Waals surface area contributed by atoms with E-state index in [9.17, 15) is 9.59 Å². The molecule has 0 atom stereocenters. The highest BCUT2D eigenvalue weighted by Gasteiger charge is 2.10. The van der Waals surface area contributed by atoms with Crippen molar-refractivity contribution < 1.29 is 14.3 Å². The molecular formula is C20H22Cl2N2O3. The van der Waals surface area contributed by atoms with E-state index >= 15 is 0 Å². The van der Waals surface area contributed by atoms with Crippen LogP contribution < -0.4 is 10.6 Å². The Morgan fingerprint density at radius 2 is 1.63 bits per heavy atom. The zero-order chi connectivity index (χ0) is 19.8. The molecule has 144 valence electrons. The molecule has 0 heterocycles. The van der Waals surface area contributed by atoms with Crippen molar-refractivity contribution in [3.05, 3.63) is 69.2 Å². The monoisotopic (exact) mass is 408 g/mol. The second-order valence-corrected chi connectivity index (χ2v) is 7.08. The summed E-state index contributed by atoms with van der Waals surface area (Å²) in [6.45, 7) is 4.80. The first kappa shape index (κ1) is 21.2. The summed E-state index contributed by atoms with van der Waals surface area (Å²) in [4.78, 5) is 24.0. The molecule has 2 aromatic carbocycles. The molecule has 0 aliphatic carbocycles. The maximum atomic E-state index is 12.0. The molecule has 2 rings (SSSR count). The number of amides is 2. The summed E-state index contributed by atoms with van der Waals surface area (Å²) in [6, 6.07) is 12.4. The number of halogens is 2. The number of nitrogens with one attached hydrogen (secondary N) is 2. The zero-order valence-corrected chi connectivity index (χ0v) is 16.7. The largest absolute Gasteiger partial charge is 0.374 e. The normalized spacial score (nSPS) is 10.7. The molecule has 27 heavy (non-hydrogen) atoms. The lowest BCUT2D eigenvalue weighted by molar-refractivity contribution is -0.120. The highest BCUT2D eigenvalue weighted by Crippen LogP contribution is 2.22. The second kappa shape index (κ2) is 10.3. The van der Waals surface area contributed by atoms with Gasteiger partial charge in [0.15, 0.2) is 0 Å². The minimum Gasteiger partial charge on any atom is -0.374 e. The fraction of sp³-hybridized carbons (Fsp3) is 0.300. The minimum atomic E-state index is -0.391. The predicted molar refractivity (Wildman–Crippen MR) is 107 cm³/mol. The third-order valence-electron chi connectivity index (χ3n) is 3.69. The summed E-state index contributed by atoms with van der Waals surface area (Å²) in [5.41, 5.74) is 2.39. The van der Waals surface area contributed by atoms with Crippen molar-refractivity contribution in [2.24, 2.45) is 0 Å². The summed E-state index contributed by atoms with van der Waals surface area (Å²) in [5, 5.41) is 5.97. The number of ether oxygens (including phenoxy) is 1. The van der Waals surface area contributed by atoms with E-state index in [0.29, 0.717) is 23.7 Å². The molecule has 2 N–H and O–H groups in total. The third-order valence-corrected chi connectivity index (χ3v) is 4.43. The van der Waals surface area contributed by atoms with Crippen molar-refractivity contribution in [3.8, 4) is 0 Å². The Hall–Kier alpha value is -2.08. The molecule has 0 unspecified atom stereocenters. The fourth-order valence-electron chi connectivity index (χ4n) is 2.18. The molecule has 0 spiro atoms. The van der Waals surface area contributed by atoms with Crippen molar-refractivity contribution in [3.63, 3.8) is 0 Å². The SMILES string of the molecule is CC(C)OCc1ccc(CNC(=O)CNC(=O)c2ccc(Cl)c(Cl)c2)cc1. The highest BCUT2D eigenvalue weighted by molar-refractivity contribution is 6.42. The average Bonchev–Trinajstić information content (AvgIpc) is 2.65. The molecular weight excluding hydrogens is 387 g/mol. The quantitative estimate of drug-likeness (QED) is 0.694. The van der Waals surface area contributed by atoms with E-state index < -0.39 is 5.91 Å². The van der Waals surface area contributed by atoms with Crippen LogP contribution in [-0.2, 0) is 22.7 Å². The van der Waals surface area contributed by atoms with Gasteiger partial charge >= 0.3 is 0 Å². The van der Waals surface area contributed by atoms with Crippen LogP contribution in [0.2, 0.25) is 10.0 Å². The standard InChI is InChI=1S/C20H22Cl2N2O3/c1-13(2)27-12-15-5-3-14(4-6-15)10-23-19(25)11-24-20(26)16-7-8-17(21)18(22)9-16/h3-9,13H,10-12H2,1-2H3,(H,23,25)(H,24,26). The number of carbonyl (C=O) groups is 2. The predicted octanol–water partition coefficient (Wildman–Crippen LogP) is 3.96. The Morgan fingerprint density at radius 1 is 0.963 bits per heavy atom. The Kier molecular flexibility index (Phi) is 8.10. The third kappa shape index (κ3) is 7.21. The van der Waals surface area contributed by atoms with E-state index in [1.807, 2.05) is 38.1 Å². The van der Waals surface area contributed by atoms with Gasteiger partial charge in [-0.2, -0.15) is 0 Å². The van der Waals surface area contributed by atoms with E-state index in [2.05, 4.69) is 10.6 Å². The summed E-state index contributed by atoms with van der Waals surface area (Å²) in [5.74, 6) is -0.672. The summed E-state index contributed by atoms with van der Waals surface area (Å²) < 4.78 is 5.55. The van der Waals surface area contributed by atoms with Crippen LogP contribution in [0.5, 0.6) is 0 Å². The van der Waals surface area contributed by atoms with E-state index in [4.69, 9.17) is 27.9 Å². The number of hydrogen-bond acceptors (Lipinski definition) is 3. The van der Waals surface area contributed by atoms with E-state index in [-0.39, 0.29) is 23.6 Å². The number of carbonyl (C=O) groups excluding carboxylic acids is 2. The van der Waals surface area contributed by atoms with Crippen LogP contribution >= 0.6 is 23.2 Å². The van der Waals surface area contributed by atoms with Crippen LogP contribution in [0.1, 0.15) is 35.3 Å². The van der Waals surface area contributed by atoms with Gasteiger partial charge in [-0.15, -0.1) is 0 Å². The lowest BCUT2D eigenvalue weighted by Crippen LogP contribution is -2.36. The van der Waals surface area contributed by atoms with Gasteiger partial charge in [-0.25, -0.2) is 0 Å². The lowest BCUT2D eigenvalue weighted by atomic mass is 10.1. The molecule has 2 aromatic rings. The zero-order valence-electron chi connectivity index (χ0n) is 15.2. The molecule has 0 fully saturated rings. The maximum absolute atomic E-state index is 12.0. The summed E-state index contributed by atoms with van der Waals surface area (Å²) >= 11 is 11.7. The smallest absolute Gasteiger partial charge is 0.251 e. The molecule has 0 saturated carbocycles. The Labute approximate surface area is 169 Å². The van der Waals surface area contributed by atoms with Gasteiger partial charge in [0.25, 0.3) is 5.91 Å². The number of rotatable bonds is 8. The first-order chi connectivity index (χ1) is 12.8. The van der Waals surface area contributed by atoms with Crippen LogP contribution in [0.3, 0.4) is 0 Å². The first-order valence-corrected chi connectivity index (χ1v) is 9.30. The van der Waals surface area contributed by atoms with Crippen LogP contribution in [0.25, 0.3) is 0 Å². The number of hydrogen-bond donors (Lipinski definition) is 2. The van der Waals surface area contributed by atoms with Gasteiger partial charge in [-0.05, 0) is 43.2 Å². The molecule has 0 radical (unpaired) electrons. The first-order valence-electron chi connectivity index (χ1n) is 8.54. The Balaban J connectivity index is 1.75. The number of benzene rings is 2. The van der Waals surface area contributed by atoms with Gasteiger partial charge in [0, 0.05) is 12.1 Å². The highest BCUT2D eigenvalue weighted by atomic mass is 35.5. The fourth-order valence-corrected chi connectivity index (χ4v) is 2.48. The average molecular weight is 409 g/mol. The van der Waals surface area contributed by atoms with Gasteiger partial charge in [0.1, 0.15) is 0 Å².